The molecule has 0 bridgehead atoms. The molecule has 0 aliphatic heterocycles. The number of para-hydroxylation sites is 1. The predicted molar refractivity (Wildman–Crippen MR) is 266 cm³/mol. The molecule has 1 N–H and O–H groups in total. The summed E-state index contributed by atoms with van der Waals surface area (Å²) < 4.78 is 131. The summed E-state index contributed by atoms with van der Waals surface area (Å²) >= 11 is 0. The Morgan fingerprint density at radius 2 is 1.41 bits per heavy atom. The standard InChI is InChI=1S/C59H62N3O.Pt/c1-37(2)29-39-21-26-52(49(31-39)41-17-14-13-15-18-41)62-53-20-16-19-48(54(53)61-56(62)50-36-46(58(7,8)9)30-38(3)55(50)63)43-32-44(34-47(33-43)59(10,11)12)51-35-42(27-28-60-51)40-22-24-45(25-23-40)57(4,5)6;/h13-28,30-31,33-37,63H,29H2,1-12H3;/q-1;/i4D3,5D3,6D3,22D,24D,25D,27D,28D,35D;. The van der Waals surface area contributed by atoms with Gasteiger partial charge >= 0.3 is 0 Å². The van der Waals surface area contributed by atoms with Crippen LogP contribution < -0.4 is 0 Å². The van der Waals surface area contributed by atoms with Crippen molar-refractivity contribution in [3.8, 4) is 67.5 Å². The molecule has 8 aromatic rings. The van der Waals surface area contributed by atoms with Crippen molar-refractivity contribution in [3.05, 3.63) is 167 Å². The molecule has 0 spiro atoms. The quantitative estimate of drug-likeness (QED) is 0.154. The van der Waals surface area contributed by atoms with E-state index in [1.807, 2.05) is 82.3 Å². The van der Waals surface area contributed by atoms with E-state index in [1.165, 1.54) is 0 Å². The molecule has 0 unspecified atom stereocenters. The zero-order valence-electron chi connectivity index (χ0n) is 52.6. The number of aromatic hydroxyl groups is 1. The van der Waals surface area contributed by atoms with Crippen LogP contribution in [-0.4, -0.2) is 19.6 Å². The average molecular weight is 1040 g/mol. The van der Waals surface area contributed by atoms with Crippen LogP contribution in [0, 0.1) is 18.9 Å². The van der Waals surface area contributed by atoms with Crippen LogP contribution in [0.4, 0.5) is 0 Å². The molecule has 0 aliphatic carbocycles. The summed E-state index contributed by atoms with van der Waals surface area (Å²) in [7, 11) is 0. The number of fused-ring (bicyclic) bond motifs is 1. The minimum absolute atomic E-state index is 0. The van der Waals surface area contributed by atoms with Gasteiger partial charge in [0.25, 0.3) is 0 Å². The fourth-order valence-electron chi connectivity index (χ4n) is 7.89. The Balaban J connectivity index is 0.00000903. The van der Waals surface area contributed by atoms with Crippen molar-refractivity contribution in [2.45, 2.75) is 106 Å². The first-order valence-corrected chi connectivity index (χ1v) is 21.2. The SMILES string of the molecule is [2H]c1cc(-c2c([2H])c([2H])nc(-c3[c-]c(-c4cccc5c4nc(-c4cc(C(C)(C)C)cc(C)c4O)n5-c4ccc(CC(C)C)cc4-c4ccccc4)cc(C(C)(C)C)c3)c2[2H])c([2H])c([2H])c1C(C([2H])([2H])[2H])(C([2H])([2H])[2H])C([2H])([2H])[2H].[Pt]. The summed E-state index contributed by atoms with van der Waals surface area (Å²) in [4.78, 5) is 9.89. The van der Waals surface area contributed by atoms with Gasteiger partial charge < -0.3 is 5.11 Å². The Morgan fingerprint density at radius 3 is 2.11 bits per heavy atom. The van der Waals surface area contributed by atoms with Crippen molar-refractivity contribution in [1.82, 2.24) is 14.5 Å². The fraction of sp³-hybridized carbons (Fsp3) is 0.288. The molecule has 0 aliphatic rings. The molecule has 5 heteroatoms. The Labute approximate surface area is 417 Å². The zero-order chi connectivity index (χ0) is 57.7. The van der Waals surface area contributed by atoms with Crippen LogP contribution in [0.15, 0.2) is 133 Å². The molecule has 0 amide bonds. The third-order valence-corrected chi connectivity index (χ3v) is 11.3. The first-order valence-electron chi connectivity index (χ1n) is 28.7. The molecular weight excluding hydrogens is 962 g/mol. The van der Waals surface area contributed by atoms with E-state index in [2.05, 4.69) is 80.6 Å². The van der Waals surface area contributed by atoms with Crippen molar-refractivity contribution in [2.24, 2.45) is 5.92 Å². The Morgan fingerprint density at radius 1 is 0.688 bits per heavy atom. The number of phenolic OH excluding ortho intramolecular Hbond substituents is 1. The summed E-state index contributed by atoms with van der Waals surface area (Å²) in [5.41, 5.74) is 2.41. The normalized spacial score (nSPS) is 16.2. The number of pyridine rings is 1. The monoisotopic (exact) mass is 1040 g/mol. The number of aryl methyl sites for hydroxylation is 1. The van der Waals surface area contributed by atoms with Crippen LogP contribution in [0.2, 0.25) is 0 Å². The minimum Gasteiger partial charge on any atom is -0.507 e. The molecule has 4 nitrogen and oxygen atoms in total. The molecular formula is C59H62N3OPt-. The van der Waals surface area contributed by atoms with Crippen LogP contribution >= 0.6 is 0 Å². The van der Waals surface area contributed by atoms with E-state index < -0.39 is 84.5 Å². The molecule has 330 valence electrons. The molecule has 2 heterocycles. The van der Waals surface area contributed by atoms with E-state index in [0.717, 1.165) is 46.0 Å². The topological polar surface area (TPSA) is 50.9 Å². The number of nitrogens with zero attached hydrogens (tertiary/aromatic N) is 3. The average Bonchev–Trinajstić information content (AvgIpc) is 3.80. The van der Waals surface area contributed by atoms with Gasteiger partial charge in [0.05, 0.1) is 30.5 Å². The van der Waals surface area contributed by atoms with Crippen molar-refractivity contribution in [1.29, 1.82) is 0 Å². The maximum atomic E-state index is 12.1. The van der Waals surface area contributed by atoms with Crippen molar-refractivity contribution < 1.29 is 46.7 Å². The van der Waals surface area contributed by atoms with Gasteiger partial charge in [-0.15, -0.1) is 29.3 Å². The summed E-state index contributed by atoms with van der Waals surface area (Å²) in [5, 5.41) is 12.1. The third kappa shape index (κ3) is 9.45. The number of aromatic nitrogens is 3. The van der Waals surface area contributed by atoms with E-state index in [1.54, 1.807) is 6.07 Å². The van der Waals surface area contributed by atoms with Crippen LogP contribution in [-0.2, 0) is 43.7 Å². The molecule has 8 rings (SSSR count). The molecule has 0 atom stereocenters. The van der Waals surface area contributed by atoms with Gasteiger partial charge in [0, 0.05) is 50.8 Å². The molecule has 0 saturated carbocycles. The number of rotatable bonds is 8. The maximum absolute atomic E-state index is 12.1. The van der Waals surface area contributed by atoms with Gasteiger partial charge in [0.2, 0.25) is 0 Å². The van der Waals surface area contributed by atoms with Gasteiger partial charge in [-0.2, -0.15) is 0 Å². The fourth-order valence-corrected chi connectivity index (χ4v) is 7.89. The smallest absolute Gasteiger partial charge is 0.148 e. The number of hydrogen-bond donors (Lipinski definition) is 1. The summed E-state index contributed by atoms with van der Waals surface area (Å²) in [6.45, 7) is 7.04. The minimum atomic E-state index is -3.83. The predicted octanol–water partition coefficient (Wildman–Crippen LogP) is 15.7. The van der Waals surface area contributed by atoms with Crippen LogP contribution in [0.3, 0.4) is 0 Å². The van der Waals surface area contributed by atoms with Crippen LogP contribution in [0.5, 0.6) is 5.75 Å². The van der Waals surface area contributed by atoms with Crippen LogP contribution in [0.1, 0.15) is 124 Å². The van der Waals surface area contributed by atoms with E-state index in [4.69, 9.17) is 24.2 Å². The maximum Gasteiger partial charge on any atom is 0.148 e. The van der Waals surface area contributed by atoms with E-state index in [9.17, 15) is 6.48 Å². The summed E-state index contributed by atoms with van der Waals surface area (Å²) in [6, 6.07) is 29.8. The molecule has 6 aromatic carbocycles. The number of hydrogen-bond acceptors (Lipinski definition) is 3. The number of phenols is 1. The Bertz CT molecular complexity index is 3620. The Hall–Kier alpha value is -5.57. The molecule has 64 heavy (non-hydrogen) atoms. The van der Waals surface area contributed by atoms with E-state index >= 15 is 0 Å². The van der Waals surface area contributed by atoms with Crippen molar-refractivity contribution in [3.63, 3.8) is 0 Å². The Kier molecular flexibility index (Phi) is 8.48. The van der Waals surface area contributed by atoms with Gasteiger partial charge in [-0.05, 0) is 105 Å². The van der Waals surface area contributed by atoms with Gasteiger partial charge in [-0.1, -0.05) is 172 Å². The zero-order valence-corrected chi connectivity index (χ0v) is 39.9. The number of benzene rings is 6. The largest absolute Gasteiger partial charge is 0.507 e. The second kappa shape index (κ2) is 17.8. The van der Waals surface area contributed by atoms with Crippen LogP contribution in [0.25, 0.3) is 72.7 Å². The van der Waals surface area contributed by atoms with E-state index in [-0.39, 0.29) is 43.5 Å². The second-order valence-corrected chi connectivity index (χ2v) is 18.9. The number of imidazole rings is 1. The van der Waals surface area contributed by atoms with Gasteiger partial charge in [0.1, 0.15) is 11.6 Å². The molecule has 0 radical (unpaired) electrons. The van der Waals surface area contributed by atoms with Gasteiger partial charge in [-0.3, -0.25) is 9.55 Å². The van der Waals surface area contributed by atoms with Gasteiger partial charge in [-0.25, -0.2) is 4.98 Å². The summed E-state index contributed by atoms with van der Waals surface area (Å²) in [5.74, 6) is 0.938. The van der Waals surface area contributed by atoms with Crippen molar-refractivity contribution >= 4 is 11.0 Å². The molecule has 0 fully saturated rings. The van der Waals surface area contributed by atoms with E-state index in [0.29, 0.717) is 45.0 Å². The molecule has 0 saturated heterocycles. The molecule has 2 aromatic heterocycles. The first-order chi connectivity index (χ1) is 36.0. The third-order valence-electron chi connectivity index (χ3n) is 11.3. The summed E-state index contributed by atoms with van der Waals surface area (Å²) in [6.07, 6.45) is 0.183. The first kappa shape index (κ1) is 30.5. The van der Waals surface area contributed by atoms with Crippen molar-refractivity contribution in [2.75, 3.05) is 0 Å². The second-order valence-electron chi connectivity index (χ2n) is 18.9. The van der Waals surface area contributed by atoms with Gasteiger partial charge in [0.15, 0.2) is 0 Å².